The Balaban J connectivity index is 1.56. The van der Waals surface area contributed by atoms with Crippen LogP contribution in [-0.2, 0) is 0 Å². The van der Waals surface area contributed by atoms with Crippen LogP contribution in [0, 0.1) is 22.2 Å². The minimum absolute atomic E-state index is 0.360. The van der Waals surface area contributed by atoms with Crippen LogP contribution >= 0.6 is 0 Å². The largest absolute Gasteiger partial charge is 0.328 e. The molecule has 1 aliphatic heterocycles. The van der Waals surface area contributed by atoms with Crippen LogP contribution in [0.4, 0.5) is 0 Å². The fraction of sp³-hybridized carbons (Fsp3) is 0.750. The van der Waals surface area contributed by atoms with Crippen LogP contribution in [0.25, 0.3) is 0 Å². The van der Waals surface area contributed by atoms with Gasteiger partial charge in [-0.15, -0.1) is 0 Å². The van der Waals surface area contributed by atoms with Gasteiger partial charge in [0.25, 0.3) is 0 Å². The van der Waals surface area contributed by atoms with Crippen LogP contribution in [-0.4, -0.2) is 30.6 Å². The summed E-state index contributed by atoms with van der Waals surface area (Å²) in [6.07, 6.45) is 19.6. The zero-order valence-corrected chi connectivity index (χ0v) is 17.0. The minimum atomic E-state index is 0.360. The van der Waals surface area contributed by atoms with E-state index in [1.165, 1.54) is 76.6 Å². The highest BCUT2D eigenvalue weighted by atomic mass is 15.1. The number of allylic oxidation sites excluding steroid dienone is 5. The van der Waals surface area contributed by atoms with E-state index in [1.807, 2.05) is 0 Å². The molecule has 4 aliphatic carbocycles. The van der Waals surface area contributed by atoms with Crippen molar-refractivity contribution in [2.45, 2.75) is 71.3 Å². The van der Waals surface area contributed by atoms with Crippen LogP contribution in [0.3, 0.4) is 0 Å². The van der Waals surface area contributed by atoms with E-state index in [2.05, 4.69) is 49.6 Å². The van der Waals surface area contributed by atoms with Crippen molar-refractivity contribution in [3.05, 3.63) is 36.5 Å². The van der Waals surface area contributed by atoms with Crippen molar-refractivity contribution in [2.24, 2.45) is 27.9 Å². The molecule has 5 aliphatic rings. The number of nitrogens with two attached hydrogens (primary N) is 1. The minimum Gasteiger partial charge on any atom is -0.328 e. The van der Waals surface area contributed by atoms with E-state index < -0.39 is 0 Å². The Bertz CT molecular complexity index is 612. The summed E-state index contributed by atoms with van der Waals surface area (Å²) in [7, 11) is 0. The summed E-state index contributed by atoms with van der Waals surface area (Å²) in [6.45, 7) is 13.0. The lowest BCUT2D eigenvalue weighted by Gasteiger charge is -2.67. The molecule has 0 aromatic heterocycles. The molecule has 4 atom stereocenters. The fourth-order valence-electron chi connectivity index (χ4n) is 7.72. The number of hydrogen-bond acceptors (Lipinski definition) is 2. The normalized spacial score (nSPS) is 43.7. The van der Waals surface area contributed by atoms with Gasteiger partial charge in [-0.05, 0) is 99.1 Å². The molecule has 4 bridgehead atoms. The smallest absolute Gasteiger partial charge is 0.00631 e. The average molecular weight is 355 g/mol. The Morgan fingerprint density at radius 2 is 1.88 bits per heavy atom. The average Bonchev–Trinajstić information content (AvgIpc) is 2.54. The summed E-state index contributed by atoms with van der Waals surface area (Å²) >= 11 is 0. The zero-order chi connectivity index (χ0) is 18.4. The molecule has 5 fully saturated rings. The van der Waals surface area contributed by atoms with E-state index in [1.54, 1.807) is 0 Å². The molecule has 2 unspecified atom stereocenters. The summed E-state index contributed by atoms with van der Waals surface area (Å²) in [4.78, 5) is 2.74. The summed E-state index contributed by atoms with van der Waals surface area (Å²) in [5, 5.41) is 0. The molecule has 1 saturated heterocycles. The number of hydrogen-bond donors (Lipinski definition) is 1. The molecule has 0 amide bonds. The lowest BCUT2D eigenvalue weighted by molar-refractivity contribution is -0.145. The van der Waals surface area contributed by atoms with Crippen LogP contribution in [0.2, 0.25) is 0 Å². The van der Waals surface area contributed by atoms with Crippen molar-refractivity contribution in [1.29, 1.82) is 0 Å². The van der Waals surface area contributed by atoms with Crippen molar-refractivity contribution in [3.8, 4) is 0 Å². The summed E-state index contributed by atoms with van der Waals surface area (Å²) in [6, 6.07) is 0.433. The van der Waals surface area contributed by atoms with Crippen molar-refractivity contribution in [2.75, 3.05) is 19.6 Å². The molecule has 26 heavy (non-hydrogen) atoms. The van der Waals surface area contributed by atoms with Gasteiger partial charge >= 0.3 is 0 Å². The predicted octanol–water partition coefficient (Wildman–Crippen LogP) is 5.07. The molecular weight excluding hydrogens is 316 g/mol. The molecule has 2 nitrogen and oxygen atoms in total. The number of nitrogens with zero attached hydrogens (tertiary/aromatic N) is 1. The fourth-order valence-corrected chi connectivity index (χ4v) is 7.72. The molecule has 0 spiro atoms. The SMILES string of the molecule is C=C(/C=C\C=C/C)[C@]12CC3CC(CN4CCC(N)CC4)(C[C@](C)(C3)C1)C2. The van der Waals surface area contributed by atoms with Gasteiger partial charge in [-0.1, -0.05) is 37.8 Å². The topological polar surface area (TPSA) is 29.3 Å². The highest BCUT2D eigenvalue weighted by Crippen LogP contribution is 2.71. The highest BCUT2D eigenvalue weighted by Gasteiger charge is 2.62. The molecule has 2 N–H and O–H groups in total. The first-order chi connectivity index (χ1) is 12.4. The predicted molar refractivity (Wildman–Crippen MR) is 111 cm³/mol. The maximum atomic E-state index is 6.15. The van der Waals surface area contributed by atoms with Gasteiger partial charge in [0, 0.05) is 12.6 Å². The van der Waals surface area contributed by atoms with Gasteiger partial charge in [-0.3, -0.25) is 0 Å². The van der Waals surface area contributed by atoms with E-state index in [9.17, 15) is 0 Å². The molecule has 0 radical (unpaired) electrons. The maximum Gasteiger partial charge on any atom is 0.00631 e. The number of piperidine rings is 1. The van der Waals surface area contributed by atoms with Crippen LogP contribution in [0.5, 0.6) is 0 Å². The summed E-state index contributed by atoms with van der Waals surface area (Å²) in [5.41, 5.74) is 8.96. The van der Waals surface area contributed by atoms with Gasteiger partial charge in [0.05, 0.1) is 0 Å². The Labute approximate surface area is 160 Å². The molecule has 2 heteroatoms. The second-order valence-electron chi connectivity index (χ2n) is 10.6. The summed E-state index contributed by atoms with van der Waals surface area (Å²) in [5.74, 6) is 0.912. The molecule has 144 valence electrons. The van der Waals surface area contributed by atoms with Crippen molar-refractivity contribution in [1.82, 2.24) is 4.90 Å². The molecule has 5 rings (SSSR count). The van der Waals surface area contributed by atoms with Crippen molar-refractivity contribution in [3.63, 3.8) is 0 Å². The van der Waals surface area contributed by atoms with Crippen molar-refractivity contribution < 1.29 is 0 Å². The van der Waals surface area contributed by atoms with Crippen LogP contribution < -0.4 is 5.73 Å². The van der Waals surface area contributed by atoms with Gasteiger partial charge in [0.15, 0.2) is 0 Å². The van der Waals surface area contributed by atoms with E-state index in [4.69, 9.17) is 5.73 Å². The standard InChI is InChI=1S/C24H38N2/c1-4-5-6-7-19(2)24-14-20-12-22(3,16-24)15-23(13-20,17-24)18-26-10-8-21(25)9-11-26/h4-7,20-21H,2,8-18,25H2,1,3H3/b5-4-,7-6-/t20?,22-,23?,24+/m0/s1. The van der Waals surface area contributed by atoms with Gasteiger partial charge in [0.1, 0.15) is 0 Å². The third kappa shape index (κ3) is 3.36. The van der Waals surface area contributed by atoms with Gasteiger partial charge in [0.2, 0.25) is 0 Å². The lowest BCUT2D eigenvalue weighted by atomic mass is 9.38. The first-order valence-corrected chi connectivity index (χ1v) is 10.8. The molecular formula is C24H38N2. The van der Waals surface area contributed by atoms with Gasteiger partial charge < -0.3 is 10.6 Å². The number of likely N-dealkylation sites (tertiary alicyclic amines) is 1. The Kier molecular flexibility index (Phi) is 4.72. The van der Waals surface area contributed by atoms with E-state index in [-0.39, 0.29) is 0 Å². The quantitative estimate of drug-likeness (QED) is 0.698. The monoisotopic (exact) mass is 354 g/mol. The van der Waals surface area contributed by atoms with Gasteiger partial charge in [-0.2, -0.15) is 0 Å². The highest BCUT2D eigenvalue weighted by molar-refractivity contribution is 5.31. The van der Waals surface area contributed by atoms with E-state index in [0.717, 1.165) is 5.92 Å². The number of rotatable bonds is 5. The first kappa shape index (κ1) is 18.5. The third-order valence-electron chi connectivity index (χ3n) is 7.94. The van der Waals surface area contributed by atoms with E-state index in [0.29, 0.717) is 22.3 Å². The van der Waals surface area contributed by atoms with Crippen LogP contribution in [0.15, 0.2) is 36.5 Å². The third-order valence-corrected chi connectivity index (χ3v) is 7.94. The van der Waals surface area contributed by atoms with E-state index >= 15 is 0 Å². The molecule has 0 aromatic rings. The Morgan fingerprint density at radius 3 is 2.58 bits per heavy atom. The molecule has 4 saturated carbocycles. The van der Waals surface area contributed by atoms with Crippen LogP contribution in [0.1, 0.15) is 65.2 Å². The second-order valence-corrected chi connectivity index (χ2v) is 10.6. The van der Waals surface area contributed by atoms with Crippen molar-refractivity contribution >= 4 is 0 Å². The molecule has 1 heterocycles. The second kappa shape index (κ2) is 6.63. The lowest BCUT2D eigenvalue weighted by Crippen LogP contribution is -2.59. The maximum absolute atomic E-state index is 6.15. The zero-order valence-electron chi connectivity index (χ0n) is 17.0. The Morgan fingerprint density at radius 1 is 1.12 bits per heavy atom. The Hall–Kier alpha value is -0.860. The molecule has 0 aromatic carbocycles. The van der Waals surface area contributed by atoms with Gasteiger partial charge in [-0.25, -0.2) is 0 Å². The summed E-state index contributed by atoms with van der Waals surface area (Å²) < 4.78 is 0. The first-order valence-electron chi connectivity index (χ1n) is 10.8.